The molecule has 2 aromatic rings. The first-order chi connectivity index (χ1) is 8.58. The van der Waals surface area contributed by atoms with Crippen LogP contribution in [0.3, 0.4) is 0 Å². The summed E-state index contributed by atoms with van der Waals surface area (Å²) in [4.78, 5) is 0. The van der Waals surface area contributed by atoms with Crippen molar-refractivity contribution in [2.75, 3.05) is 0 Å². The lowest BCUT2D eigenvalue weighted by molar-refractivity contribution is 0.910. The van der Waals surface area contributed by atoms with Gasteiger partial charge in [0, 0.05) is 4.47 Å². The minimum absolute atomic E-state index is 0.0420. The molecule has 0 aliphatic carbocycles. The molecule has 18 heavy (non-hydrogen) atoms. The van der Waals surface area contributed by atoms with Crippen LogP contribution in [0.15, 0.2) is 46.9 Å². The summed E-state index contributed by atoms with van der Waals surface area (Å²) in [6.45, 7) is 2.11. The Balaban J connectivity index is 2.19. The van der Waals surface area contributed by atoms with E-state index in [0.29, 0.717) is 5.02 Å². The second-order valence-corrected chi connectivity index (χ2v) is 6.06. The standard InChI is InChI=1S/C15H13BrCl2/c1-10-4-2-3-5-11(10)9-15(18)12-6-7-14(17)13(16)8-12/h2-8,15H,9H2,1H3. The number of alkyl halides is 1. The van der Waals surface area contributed by atoms with Gasteiger partial charge in [-0.05, 0) is 58.1 Å². The second-order valence-electron chi connectivity index (χ2n) is 4.27. The van der Waals surface area contributed by atoms with E-state index in [4.69, 9.17) is 23.2 Å². The summed E-state index contributed by atoms with van der Waals surface area (Å²) in [5.41, 5.74) is 3.64. The topological polar surface area (TPSA) is 0 Å². The molecule has 94 valence electrons. The summed E-state index contributed by atoms with van der Waals surface area (Å²) in [6, 6.07) is 14.1. The van der Waals surface area contributed by atoms with E-state index >= 15 is 0 Å². The Bertz CT molecular complexity index is 552. The first-order valence-corrected chi connectivity index (χ1v) is 7.32. The van der Waals surface area contributed by atoms with E-state index < -0.39 is 0 Å². The highest BCUT2D eigenvalue weighted by molar-refractivity contribution is 9.10. The largest absolute Gasteiger partial charge is 0.117 e. The van der Waals surface area contributed by atoms with E-state index in [1.165, 1.54) is 11.1 Å². The van der Waals surface area contributed by atoms with Gasteiger partial charge in [0.15, 0.2) is 0 Å². The molecule has 0 spiro atoms. The fraction of sp³-hybridized carbons (Fsp3) is 0.200. The number of hydrogen-bond donors (Lipinski definition) is 0. The van der Waals surface area contributed by atoms with Gasteiger partial charge in [0.25, 0.3) is 0 Å². The Hall–Kier alpha value is -0.500. The summed E-state index contributed by atoms with van der Waals surface area (Å²) in [5, 5.41) is 0.665. The molecule has 0 N–H and O–H groups in total. The molecule has 0 amide bonds. The molecule has 1 atom stereocenters. The molecule has 2 rings (SSSR count). The Morgan fingerprint density at radius 3 is 2.56 bits per heavy atom. The van der Waals surface area contributed by atoms with Crippen molar-refractivity contribution in [3.8, 4) is 0 Å². The average Bonchev–Trinajstić information content (AvgIpc) is 2.35. The van der Waals surface area contributed by atoms with Gasteiger partial charge in [0.2, 0.25) is 0 Å². The summed E-state index contributed by atoms with van der Waals surface area (Å²) >= 11 is 15.9. The van der Waals surface area contributed by atoms with Gasteiger partial charge in [-0.15, -0.1) is 11.6 Å². The molecule has 0 saturated heterocycles. The zero-order valence-electron chi connectivity index (χ0n) is 9.96. The van der Waals surface area contributed by atoms with Crippen molar-refractivity contribution < 1.29 is 0 Å². The Labute approximate surface area is 126 Å². The van der Waals surface area contributed by atoms with Gasteiger partial charge in [-0.2, -0.15) is 0 Å². The van der Waals surface area contributed by atoms with E-state index in [9.17, 15) is 0 Å². The molecule has 0 aromatic heterocycles. The molecule has 1 unspecified atom stereocenters. The zero-order valence-corrected chi connectivity index (χ0v) is 13.1. The van der Waals surface area contributed by atoms with Gasteiger partial charge in [0.05, 0.1) is 10.4 Å². The van der Waals surface area contributed by atoms with Gasteiger partial charge in [-0.25, -0.2) is 0 Å². The SMILES string of the molecule is Cc1ccccc1CC(Cl)c1ccc(Cl)c(Br)c1. The average molecular weight is 344 g/mol. The number of hydrogen-bond acceptors (Lipinski definition) is 0. The number of rotatable bonds is 3. The van der Waals surface area contributed by atoms with Crippen LogP contribution in [0, 0.1) is 6.92 Å². The van der Waals surface area contributed by atoms with Crippen LogP contribution in [0.1, 0.15) is 22.1 Å². The van der Waals surface area contributed by atoms with Crippen molar-refractivity contribution in [2.45, 2.75) is 18.7 Å². The van der Waals surface area contributed by atoms with Gasteiger partial charge in [-0.1, -0.05) is 41.9 Å². The lowest BCUT2D eigenvalue weighted by atomic mass is 10.0. The van der Waals surface area contributed by atoms with Crippen LogP contribution in [0.5, 0.6) is 0 Å². The molecular formula is C15H13BrCl2. The molecular weight excluding hydrogens is 331 g/mol. The van der Waals surface area contributed by atoms with Crippen molar-refractivity contribution in [1.29, 1.82) is 0 Å². The smallest absolute Gasteiger partial charge is 0.0626 e. The van der Waals surface area contributed by atoms with Crippen molar-refractivity contribution in [2.24, 2.45) is 0 Å². The first-order valence-electron chi connectivity index (χ1n) is 5.71. The number of benzene rings is 2. The van der Waals surface area contributed by atoms with Crippen LogP contribution < -0.4 is 0 Å². The highest BCUT2D eigenvalue weighted by Gasteiger charge is 2.11. The van der Waals surface area contributed by atoms with Crippen molar-refractivity contribution >= 4 is 39.1 Å². The van der Waals surface area contributed by atoms with Gasteiger partial charge in [-0.3, -0.25) is 0 Å². The predicted molar refractivity (Wildman–Crippen MR) is 82.6 cm³/mol. The normalized spacial score (nSPS) is 12.4. The Morgan fingerprint density at radius 2 is 1.89 bits per heavy atom. The number of halogens is 3. The third-order valence-corrected chi connectivity index (χ3v) is 4.59. The van der Waals surface area contributed by atoms with E-state index in [2.05, 4.69) is 35.0 Å². The summed E-state index contributed by atoms with van der Waals surface area (Å²) in [5.74, 6) is 0. The van der Waals surface area contributed by atoms with Crippen LogP contribution in [0.4, 0.5) is 0 Å². The summed E-state index contributed by atoms with van der Waals surface area (Å²) in [6.07, 6.45) is 0.822. The van der Waals surface area contributed by atoms with E-state index in [1.54, 1.807) is 0 Å². The maximum absolute atomic E-state index is 6.47. The fourth-order valence-electron chi connectivity index (χ4n) is 1.86. The van der Waals surface area contributed by atoms with Crippen LogP contribution in [0.2, 0.25) is 5.02 Å². The molecule has 0 fully saturated rings. The van der Waals surface area contributed by atoms with Crippen LogP contribution >= 0.6 is 39.1 Å². The highest BCUT2D eigenvalue weighted by Crippen LogP contribution is 2.31. The van der Waals surface area contributed by atoms with Crippen molar-refractivity contribution in [3.05, 3.63) is 68.7 Å². The minimum Gasteiger partial charge on any atom is -0.117 e. The maximum atomic E-state index is 6.47. The third-order valence-electron chi connectivity index (χ3n) is 2.97. The lowest BCUT2D eigenvalue weighted by Gasteiger charge is -2.12. The van der Waals surface area contributed by atoms with Crippen LogP contribution in [-0.2, 0) is 6.42 Å². The van der Waals surface area contributed by atoms with E-state index in [0.717, 1.165) is 16.5 Å². The molecule has 0 nitrogen and oxygen atoms in total. The van der Waals surface area contributed by atoms with Gasteiger partial charge in [0.1, 0.15) is 0 Å². The maximum Gasteiger partial charge on any atom is 0.0626 e. The molecule has 0 heterocycles. The molecule has 2 aromatic carbocycles. The highest BCUT2D eigenvalue weighted by atomic mass is 79.9. The monoisotopic (exact) mass is 342 g/mol. The Morgan fingerprint density at radius 1 is 1.17 bits per heavy atom. The Kier molecular flexibility index (Phi) is 4.71. The van der Waals surface area contributed by atoms with Gasteiger partial charge < -0.3 is 0 Å². The minimum atomic E-state index is -0.0420. The number of aryl methyl sites for hydroxylation is 1. The van der Waals surface area contributed by atoms with E-state index in [-0.39, 0.29) is 5.38 Å². The summed E-state index contributed by atoms with van der Waals surface area (Å²) < 4.78 is 0.886. The predicted octanol–water partition coefficient (Wildman–Crippen LogP) is 5.93. The quantitative estimate of drug-likeness (QED) is 0.605. The van der Waals surface area contributed by atoms with Crippen LogP contribution in [-0.4, -0.2) is 0 Å². The second kappa shape index (κ2) is 6.10. The summed E-state index contributed by atoms with van der Waals surface area (Å²) in [7, 11) is 0. The zero-order chi connectivity index (χ0) is 13.1. The van der Waals surface area contributed by atoms with Crippen molar-refractivity contribution in [3.63, 3.8) is 0 Å². The molecule has 0 aliphatic heterocycles. The molecule has 0 aliphatic rings. The lowest BCUT2D eigenvalue weighted by Crippen LogP contribution is -1.98. The molecule has 0 bridgehead atoms. The molecule has 0 saturated carbocycles. The first kappa shape index (κ1) is 13.9. The fourth-order valence-corrected chi connectivity index (χ4v) is 2.67. The van der Waals surface area contributed by atoms with Gasteiger partial charge >= 0.3 is 0 Å². The third kappa shape index (κ3) is 3.28. The molecule has 3 heteroatoms. The van der Waals surface area contributed by atoms with Crippen LogP contribution in [0.25, 0.3) is 0 Å². The molecule has 0 radical (unpaired) electrons. The van der Waals surface area contributed by atoms with Crippen molar-refractivity contribution in [1.82, 2.24) is 0 Å². The van der Waals surface area contributed by atoms with E-state index in [1.807, 2.05) is 30.3 Å².